The smallest absolute Gasteiger partial charge is 0.223 e. The molecule has 0 spiro atoms. The molecule has 3 aliphatic rings. The monoisotopic (exact) mass is 304 g/mol. The van der Waals surface area contributed by atoms with E-state index in [1.54, 1.807) is 11.3 Å². The van der Waals surface area contributed by atoms with E-state index in [1.165, 1.54) is 31.2 Å². The molecule has 3 aliphatic heterocycles. The Kier molecular flexibility index (Phi) is 3.76. The molecule has 3 atom stereocenters. The molecule has 3 unspecified atom stereocenters. The third-order valence-electron chi connectivity index (χ3n) is 5.54. The van der Waals surface area contributed by atoms with E-state index >= 15 is 0 Å². The average molecular weight is 304 g/mol. The Hall–Kier alpha value is -0.870. The van der Waals surface area contributed by atoms with Crippen molar-refractivity contribution in [1.29, 1.82) is 0 Å². The fourth-order valence-electron chi connectivity index (χ4n) is 4.58. The lowest BCUT2D eigenvalue weighted by Gasteiger charge is -2.31. The summed E-state index contributed by atoms with van der Waals surface area (Å²) in [6.07, 6.45) is 8.12. The van der Waals surface area contributed by atoms with E-state index in [0.29, 0.717) is 30.0 Å². The van der Waals surface area contributed by atoms with Gasteiger partial charge >= 0.3 is 0 Å². The Bertz CT molecular complexity index is 489. The van der Waals surface area contributed by atoms with Gasteiger partial charge in [-0.2, -0.15) is 11.3 Å². The van der Waals surface area contributed by atoms with Crippen LogP contribution in [0.4, 0.5) is 0 Å². The molecule has 3 saturated heterocycles. The minimum absolute atomic E-state index is 0.349. The first-order valence-corrected chi connectivity index (χ1v) is 9.31. The maximum atomic E-state index is 12.8. The van der Waals surface area contributed by atoms with Crippen molar-refractivity contribution in [2.75, 3.05) is 6.54 Å². The van der Waals surface area contributed by atoms with Gasteiger partial charge in [0, 0.05) is 25.0 Å². The molecular formula is C17H24N2OS. The zero-order chi connectivity index (χ0) is 14.2. The van der Waals surface area contributed by atoms with Crippen LogP contribution in [0.15, 0.2) is 16.8 Å². The van der Waals surface area contributed by atoms with Crippen LogP contribution in [0.5, 0.6) is 0 Å². The van der Waals surface area contributed by atoms with E-state index in [4.69, 9.17) is 0 Å². The zero-order valence-electron chi connectivity index (χ0n) is 12.5. The summed E-state index contributed by atoms with van der Waals surface area (Å²) in [5, 5.41) is 8.01. The minimum Gasteiger partial charge on any atom is -0.336 e. The summed E-state index contributed by atoms with van der Waals surface area (Å²) in [6.45, 7) is 0.956. The van der Waals surface area contributed by atoms with Crippen LogP contribution < -0.4 is 5.32 Å². The quantitative estimate of drug-likeness (QED) is 0.929. The second-order valence-corrected chi connectivity index (χ2v) is 7.76. The highest BCUT2D eigenvalue weighted by atomic mass is 32.1. The topological polar surface area (TPSA) is 32.3 Å². The number of carbonyl (C=O) groups excluding carboxylic acids is 1. The fraction of sp³-hybridized carbons (Fsp3) is 0.706. The maximum Gasteiger partial charge on any atom is 0.223 e. The summed E-state index contributed by atoms with van der Waals surface area (Å²) in [6, 6.07) is 3.91. The summed E-state index contributed by atoms with van der Waals surface area (Å²) < 4.78 is 0. The predicted octanol–water partition coefficient (Wildman–Crippen LogP) is 3.33. The van der Waals surface area contributed by atoms with E-state index in [0.717, 1.165) is 25.8 Å². The lowest BCUT2D eigenvalue weighted by atomic mass is 9.89. The van der Waals surface area contributed by atoms with Gasteiger partial charge in [0.25, 0.3) is 0 Å². The number of carbonyl (C=O) groups is 1. The molecule has 21 heavy (non-hydrogen) atoms. The van der Waals surface area contributed by atoms with Crippen molar-refractivity contribution in [2.45, 2.75) is 63.1 Å². The lowest BCUT2D eigenvalue weighted by molar-refractivity contribution is -0.133. The average Bonchev–Trinajstić information content (AvgIpc) is 3.18. The maximum absolute atomic E-state index is 12.8. The molecule has 114 valence electrons. The fourth-order valence-corrected chi connectivity index (χ4v) is 5.29. The molecule has 1 amide bonds. The van der Waals surface area contributed by atoms with Crippen molar-refractivity contribution in [3.63, 3.8) is 0 Å². The van der Waals surface area contributed by atoms with Crippen LogP contribution in [-0.2, 0) is 4.79 Å². The molecule has 3 nitrogen and oxygen atoms in total. The standard InChI is InChI=1S/C17H24N2OS/c20-17(10-12-8-14-3-4-15(9-12)18-14)19-6-1-2-16(19)13-5-7-21-11-13/h5,7,11-12,14-16,18H,1-4,6,8-10H2. The Morgan fingerprint density at radius 1 is 1.29 bits per heavy atom. The van der Waals surface area contributed by atoms with Crippen molar-refractivity contribution >= 4 is 17.2 Å². The van der Waals surface area contributed by atoms with E-state index in [-0.39, 0.29) is 0 Å². The number of thiophene rings is 1. The normalized spacial score (nSPS) is 35.3. The van der Waals surface area contributed by atoms with Gasteiger partial charge in [0.2, 0.25) is 5.91 Å². The molecule has 4 rings (SSSR count). The molecule has 0 aromatic carbocycles. The van der Waals surface area contributed by atoms with Gasteiger partial charge in [0.05, 0.1) is 6.04 Å². The number of nitrogens with zero attached hydrogens (tertiary/aromatic N) is 1. The Morgan fingerprint density at radius 3 is 2.81 bits per heavy atom. The summed E-state index contributed by atoms with van der Waals surface area (Å²) in [5.74, 6) is 1.01. The van der Waals surface area contributed by atoms with Gasteiger partial charge in [-0.3, -0.25) is 4.79 Å². The summed E-state index contributed by atoms with van der Waals surface area (Å²) in [4.78, 5) is 14.9. The van der Waals surface area contributed by atoms with Crippen LogP contribution >= 0.6 is 11.3 Å². The third kappa shape index (κ3) is 2.76. The molecule has 1 aromatic heterocycles. The molecule has 0 saturated carbocycles. The van der Waals surface area contributed by atoms with Crippen LogP contribution in [0.2, 0.25) is 0 Å². The minimum atomic E-state index is 0.349. The Labute approximate surface area is 130 Å². The number of nitrogens with one attached hydrogen (secondary N) is 1. The summed E-state index contributed by atoms with van der Waals surface area (Å²) in [5.41, 5.74) is 1.34. The highest BCUT2D eigenvalue weighted by Crippen LogP contribution is 2.37. The number of hydrogen-bond donors (Lipinski definition) is 1. The number of rotatable bonds is 3. The van der Waals surface area contributed by atoms with E-state index in [1.807, 2.05) is 0 Å². The van der Waals surface area contributed by atoms with Gasteiger partial charge in [-0.05, 0) is 66.8 Å². The number of likely N-dealkylation sites (tertiary alicyclic amines) is 1. The second-order valence-electron chi connectivity index (χ2n) is 6.98. The van der Waals surface area contributed by atoms with Crippen LogP contribution in [-0.4, -0.2) is 29.4 Å². The first kappa shape index (κ1) is 13.8. The third-order valence-corrected chi connectivity index (χ3v) is 6.24. The number of hydrogen-bond acceptors (Lipinski definition) is 3. The molecule has 4 heterocycles. The zero-order valence-corrected chi connectivity index (χ0v) is 13.3. The van der Waals surface area contributed by atoms with Crippen LogP contribution in [0.3, 0.4) is 0 Å². The van der Waals surface area contributed by atoms with Crippen LogP contribution in [0.25, 0.3) is 0 Å². The SMILES string of the molecule is O=C(CC1CC2CCC(C1)N2)N1CCCC1c1ccsc1. The Balaban J connectivity index is 1.40. The molecular weight excluding hydrogens is 280 g/mol. The first-order valence-electron chi connectivity index (χ1n) is 8.37. The molecule has 4 heteroatoms. The van der Waals surface area contributed by atoms with Gasteiger partial charge < -0.3 is 10.2 Å². The Morgan fingerprint density at radius 2 is 2.10 bits per heavy atom. The predicted molar refractivity (Wildman–Crippen MR) is 85.3 cm³/mol. The van der Waals surface area contributed by atoms with Crippen LogP contribution in [0.1, 0.15) is 56.6 Å². The van der Waals surface area contributed by atoms with Crippen molar-refractivity contribution < 1.29 is 4.79 Å². The van der Waals surface area contributed by atoms with Crippen molar-refractivity contribution in [2.24, 2.45) is 5.92 Å². The van der Waals surface area contributed by atoms with Gasteiger partial charge in [-0.25, -0.2) is 0 Å². The van der Waals surface area contributed by atoms with E-state index in [2.05, 4.69) is 27.0 Å². The number of piperidine rings is 1. The molecule has 0 aliphatic carbocycles. The van der Waals surface area contributed by atoms with Crippen molar-refractivity contribution in [1.82, 2.24) is 10.2 Å². The largest absolute Gasteiger partial charge is 0.336 e. The van der Waals surface area contributed by atoms with Crippen molar-refractivity contribution in [3.05, 3.63) is 22.4 Å². The molecule has 0 radical (unpaired) electrons. The molecule has 1 N–H and O–H groups in total. The van der Waals surface area contributed by atoms with Gasteiger partial charge in [0.15, 0.2) is 0 Å². The van der Waals surface area contributed by atoms with Crippen LogP contribution in [0, 0.1) is 5.92 Å². The molecule has 2 bridgehead atoms. The van der Waals surface area contributed by atoms with E-state index in [9.17, 15) is 4.79 Å². The number of fused-ring (bicyclic) bond motifs is 2. The highest BCUT2D eigenvalue weighted by molar-refractivity contribution is 7.07. The van der Waals surface area contributed by atoms with Crippen molar-refractivity contribution in [3.8, 4) is 0 Å². The van der Waals surface area contributed by atoms with Gasteiger partial charge in [-0.15, -0.1) is 0 Å². The molecule has 1 aromatic rings. The van der Waals surface area contributed by atoms with Gasteiger partial charge in [0.1, 0.15) is 0 Å². The van der Waals surface area contributed by atoms with Gasteiger partial charge in [-0.1, -0.05) is 0 Å². The number of amides is 1. The second kappa shape index (κ2) is 5.73. The highest BCUT2D eigenvalue weighted by Gasteiger charge is 2.36. The molecule has 3 fully saturated rings. The first-order chi connectivity index (χ1) is 10.3. The summed E-state index contributed by atoms with van der Waals surface area (Å²) in [7, 11) is 0. The van der Waals surface area contributed by atoms with E-state index < -0.39 is 0 Å². The summed E-state index contributed by atoms with van der Waals surface area (Å²) >= 11 is 1.74. The lowest BCUT2D eigenvalue weighted by Crippen LogP contribution is -2.40.